The molecule has 0 N–H and O–H groups in total. The van der Waals surface area contributed by atoms with Crippen LogP contribution in [0.5, 0.6) is 0 Å². The first-order valence-corrected chi connectivity index (χ1v) is 13.8. The fourth-order valence-corrected chi connectivity index (χ4v) is 7.13. The fourth-order valence-electron chi connectivity index (χ4n) is 5.50. The number of carbonyl (C=O) groups excluding carboxylic acids is 2. The van der Waals surface area contributed by atoms with Crippen molar-refractivity contribution in [1.29, 1.82) is 0 Å². The average molecular weight is 503 g/mol. The Balaban J connectivity index is 1.65. The third-order valence-electron chi connectivity index (χ3n) is 7.02. The smallest absolute Gasteiger partial charge is 0.259 e. The molecule has 2 aliphatic rings. The summed E-state index contributed by atoms with van der Waals surface area (Å²) < 4.78 is 27.4. The average Bonchev–Trinajstić information content (AvgIpc) is 2.91. The number of hydrogen-bond donors (Lipinski definition) is 0. The van der Waals surface area contributed by atoms with Crippen LogP contribution in [0.15, 0.2) is 76.5 Å². The van der Waals surface area contributed by atoms with Gasteiger partial charge in [-0.05, 0) is 61.1 Å². The fraction of sp³-hybridized carbons (Fsp3) is 0.310. The van der Waals surface area contributed by atoms with E-state index in [2.05, 4.69) is 13.8 Å². The minimum Gasteiger partial charge on any atom is -0.338 e. The van der Waals surface area contributed by atoms with Gasteiger partial charge in [0.2, 0.25) is 9.84 Å². The molecule has 0 radical (unpaired) electrons. The lowest BCUT2D eigenvalue weighted by molar-refractivity contribution is 0.0623. The van der Waals surface area contributed by atoms with E-state index >= 15 is 0 Å². The molecule has 5 rings (SSSR count). The Labute approximate surface area is 212 Å². The highest BCUT2D eigenvalue weighted by Crippen LogP contribution is 2.38. The lowest BCUT2D eigenvalue weighted by Gasteiger charge is -2.35. The first kappa shape index (κ1) is 24.3. The number of anilines is 1. The van der Waals surface area contributed by atoms with E-state index in [0.29, 0.717) is 30.5 Å². The van der Waals surface area contributed by atoms with Crippen LogP contribution in [0.3, 0.4) is 0 Å². The van der Waals surface area contributed by atoms with Gasteiger partial charge in [0.15, 0.2) is 0 Å². The number of carbonyl (C=O) groups is 2. The maximum absolute atomic E-state index is 13.8. The third-order valence-corrected chi connectivity index (χ3v) is 8.88. The molecular weight excluding hydrogens is 472 g/mol. The molecule has 2 atom stereocenters. The van der Waals surface area contributed by atoms with Gasteiger partial charge >= 0.3 is 0 Å². The number of aryl methyl sites for hydroxylation is 1. The SMILES string of the molecule is Cc1cccc(CN2C(=O)c3ccccc3S(=O)(=O)c3ccc(C(=O)N4C[C@H](C)C[C@H](C)C4)cc32)c1. The molecular formula is C29H30N2O4S. The van der Waals surface area contributed by atoms with Crippen LogP contribution < -0.4 is 4.90 Å². The lowest BCUT2D eigenvalue weighted by atomic mass is 9.91. The summed E-state index contributed by atoms with van der Waals surface area (Å²) in [6.07, 6.45) is 1.07. The summed E-state index contributed by atoms with van der Waals surface area (Å²) in [6, 6.07) is 18.7. The Kier molecular flexibility index (Phi) is 6.20. The van der Waals surface area contributed by atoms with Gasteiger partial charge in [-0.1, -0.05) is 55.8 Å². The molecule has 0 spiro atoms. The minimum atomic E-state index is -3.98. The number of hydrogen-bond acceptors (Lipinski definition) is 4. The van der Waals surface area contributed by atoms with Crippen LogP contribution in [0.2, 0.25) is 0 Å². The van der Waals surface area contributed by atoms with E-state index in [1.165, 1.54) is 17.0 Å². The Morgan fingerprint density at radius 1 is 0.917 bits per heavy atom. The van der Waals surface area contributed by atoms with Gasteiger partial charge in [-0.25, -0.2) is 8.42 Å². The van der Waals surface area contributed by atoms with Crippen molar-refractivity contribution < 1.29 is 18.0 Å². The second-order valence-electron chi connectivity index (χ2n) is 10.2. The summed E-state index contributed by atoms with van der Waals surface area (Å²) in [5.41, 5.74) is 2.68. The molecule has 0 unspecified atom stereocenters. The molecule has 186 valence electrons. The van der Waals surface area contributed by atoms with Gasteiger partial charge in [0, 0.05) is 18.7 Å². The zero-order valence-corrected chi connectivity index (χ0v) is 21.6. The molecule has 2 amide bonds. The van der Waals surface area contributed by atoms with Crippen molar-refractivity contribution >= 4 is 27.3 Å². The van der Waals surface area contributed by atoms with Crippen molar-refractivity contribution in [3.63, 3.8) is 0 Å². The molecule has 0 aliphatic carbocycles. The largest absolute Gasteiger partial charge is 0.338 e. The number of piperidine rings is 1. The number of fused-ring (bicyclic) bond motifs is 2. The van der Waals surface area contributed by atoms with Gasteiger partial charge in [0.25, 0.3) is 11.8 Å². The number of sulfone groups is 1. The lowest BCUT2D eigenvalue weighted by Crippen LogP contribution is -2.42. The molecule has 6 nitrogen and oxygen atoms in total. The molecule has 0 aromatic heterocycles. The highest BCUT2D eigenvalue weighted by molar-refractivity contribution is 7.91. The van der Waals surface area contributed by atoms with Crippen LogP contribution in [-0.2, 0) is 16.4 Å². The van der Waals surface area contributed by atoms with E-state index in [1.807, 2.05) is 36.1 Å². The molecule has 7 heteroatoms. The first-order chi connectivity index (χ1) is 17.1. The van der Waals surface area contributed by atoms with Crippen molar-refractivity contribution in [2.24, 2.45) is 11.8 Å². The van der Waals surface area contributed by atoms with Crippen molar-refractivity contribution in [2.45, 2.75) is 43.5 Å². The Hall–Kier alpha value is -3.45. The van der Waals surface area contributed by atoms with Crippen molar-refractivity contribution in [3.8, 4) is 0 Å². The second kappa shape index (κ2) is 9.21. The van der Waals surface area contributed by atoms with Gasteiger partial charge in [0.05, 0.1) is 27.6 Å². The molecule has 0 saturated carbocycles. The van der Waals surface area contributed by atoms with Crippen molar-refractivity contribution in [3.05, 3.63) is 89.0 Å². The van der Waals surface area contributed by atoms with Gasteiger partial charge in [0.1, 0.15) is 0 Å². The summed E-state index contributed by atoms with van der Waals surface area (Å²) in [5.74, 6) is 0.248. The zero-order chi connectivity index (χ0) is 25.6. The van der Waals surface area contributed by atoms with E-state index in [4.69, 9.17) is 0 Å². The van der Waals surface area contributed by atoms with E-state index in [9.17, 15) is 18.0 Å². The Morgan fingerprint density at radius 2 is 1.64 bits per heavy atom. The molecule has 1 fully saturated rings. The highest BCUT2D eigenvalue weighted by Gasteiger charge is 2.36. The molecule has 3 aromatic carbocycles. The molecule has 2 aliphatic heterocycles. The Bertz CT molecular complexity index is 1450. The quantitative estimate of drug-likeness (QED) is 0.499. The number of rotatable bonds is 3. The number of benzene rings is 3. The predicted octanol–water partition coefficient (Wildman–Crippen LogP) is 5.11. The predicted molar refractivity (Wildman–Crippen MR) is 139 cm³/mol. The third kappa shape index (κ3) is 4.32. The number of nitrogens with zero attached hydrogens (tertiary/aromatic N) is 2. The maximum atomic E-state index is 13.8. The van der Waals surface area contributed by atoms with Crippen LogP contribution in [0.1, 0.15) is 52.1 Å². The van der Waals surface area contributed by atoms with Gasteiger partial charge in [-0.15, -0.1) is 0 Å². The molecule has 36 heavy (non-hydrogen) atoms. The summed E-state index contributed by atoms with van der Waals surface area (Å²) in [7, 11) is -3.98. The summed E-state index contributed by atoms with van der Waals surface area (Å²) in [5, 5.41) is 0. The Morgan fingerprint density at radius 3 is 2.36 bits per heavy atom. The second-order valence-corrected chi connectivity index (χ2v) is 12.1. The topological polar surface area (TPSA) is 74.8 Å². The molecule has 3 aromatic rings. The van der Waals surface area contributed by atoms with E-state index in [0.717, 1.165) is 17.5 Å². The van der Waals surface area contributed by atoms with Crippen LogP contribution in [0.4, 0.5) is 5.69 Å². The molecule has 2 heterocycles. The van der Waals surface area contributed by atoms with Crippen molar-refractivity contribution in [2.75, 3.05) is 18.0 Å². The van der Waals surface area contributed by atoms with Crippen molar-refractivity contribution in [1.82, 2.24) is 4.90 Å². The highest BCUT2D eigenvalue weighted by atomic mass is 32.2. The molecule has 0 bridgehead atoms. The molecule has 1 saturated heterocycles. The number of likely N-dealkylation sites (tertiary alicyclic amines) is 1. The van der Waals surface area contributed by atoms with Gasteiger partial charge in [-0.2, -0.15) is 0 Å². The minimum absolute atomic E-state index is 0.0132. The summed E-state index contributed by atoms with van der Waals surface area (Å²) in [4.78, 5) is 30.7. The zero-order valence-electron chi connectivity index (χ0n) is 20.8. The van der Waals surface area contributed by atoms with Gasteiger partial charge < -0.3 is 9.80 Å². The van der Waals surface area contributed by atoms with E-state index in [1.54, 1.807) is 30.3 Å². The number of amides is 2. The van der Waals surface area contributed by atoms with Crippen LogP contribution >= 0.6 is 0 Å². The first-order valence-electron chi connectivity index (χ1n) is 12.3. The summed E-state index contributed by atoms with van der Waals surface area (Å²) >= 11 is 0. The van der Waals surface area contributed by atoms with E-state index < -0.39 is 15.7 Å². The van der Waals surface area contributed by atoms with Crippen LogP contribution in [0.25, 0.3) is 0 Å². The normalized spacial score (nSPS) is 20.9. The maximum Gasteiger partial charge on any atom is 0.259 e. The standard InChI is InChI=1S/C29H30N2O4S/c1-19-7-6-8-22(14-19)18-31-25-15-23(28(32)30-16-20(2)13-21(3)17-30)11-12-27(25)36(34,35)26-10-5-4-9-24(26)29(31)33/h4-12,14-15,20-21H,13,16-18H2,1-3H3/t20-,21+. The van der Waals surface area contributed by atoms with Gasteiger partial charge in [-0.3, -0.25) is 9.59 Å². The van der Waals surface area contributed by atoms with Crippen LogP contribution in [0, 0.1) is 18.8 Å². The van der Waals surface area contributed by atoms with Crippen LogP contribution in [-0.4, -0.2) is 38.2 Å². The summed E-state index contributed by atoms with van der Waals surface area (Å²) in [6.45, 7) is 7.76. The van der Waals surface area contributed by atoms with E-state index in [-0.39, 0.29) is 33.5 Å². The monoisotopic (exact) mass is 502 g/mol.